The molecule has 2 heteroatoms. The number of phenolic OH excluding ortho intramolecular Hbond substituents is 1. The van der Waals surface area contributed by atoms with Gasteiger partial charge in [0, 0.05) is 11.1 Å². The number of hydrogen-bond acceptors (Lipinski definition) is 1. The molecule has 1 nitrogen and oxygen atoms in total. The molecule has 0 aromatic heterocycles. The Hall–Kier alpha value is -1.20. The quantitative estimate of drug-likeness (QED) is 0.509. The highest BCUT2D eigenvalue weighted by atomic mass is 28.3. The Kier molecular flexibility index (Phi) is 3.02. The van der Waals surface area contributed by atoms with E-state index in [1.165, 1.54) is 0 Å². The van der Waals surface area contributed by atoms with Gasteiger partial charge in [-0.2, -0.15) is 0 Å². The lowest BCUT2D eigenvalue weighted by Crippen LogP contribution is -2.16. The summed E-state index contributed by atoms with van der Waals surface area (Å²) in [6.07, 6.45) is 0. The van der Waals surface area contributed by atoms with Crippen LogP contribution in [-0.2, 0) is 0 Å². The first kappa shape index (κ1) is 10.9. The van der Waals surface area contributed by atoms with Crippen LogP contribution in [0.3, 0.4) is 0 Å². The van der Waals surface area contributed by atoms with E-state index in [-0.39, 0.29) is 0 Å². The van der Waals surface area contributed by atoms with Crippen LogP contribution in [0.15, 0.2) is 18.2 Å². The lowest BCUT2D eigenvalue weighted by atomic mass is 10.1. The molecule has 14 heavy (non-hydrogen) atoms. The second-order valence-corrected chi connectivity index (χ2v) is 9.20. The molecule has 0 radical (unpaired) electrons. The molecule has 0 aliphatic rings. The van der Waals surface area contributed by atoms with Gasteiger partial charge in [0.1, 0.15) is 13.8 Å². The van der Waals surface area contributed by atoms with Crippen LogP contribution >= 0.6 is 0 Å². The highest BCUT2D eigenvalue weighted by molar-refractivity contribution is 6.83. The zero-order valence-corrected chi connectivity index (χ0v) is 10.2. The maximum Gasteiger partial charge on any atom is 0.129 e. The van der Waals surface area contributed by atoms with E-state index < -0.39 is 8.07 Å². The molecule has 1 aromatic rings. The first-order chi connectivity index (χ1) is 6.40. The van der Waals surface area contributed by atoms with Gasteiger partial charge in [-0.3, -0.25) is 0 Å². The third-order valence-electron chi connectivity index (χ3n) is 1.88. The highest BCUT2D eigenvalue weighted by Crippen LogP contribution is 2.18. The van der Waals surface area contributed by atoms with Gasteiger partial charge in [0.05, 0.1) is 0 Å². The van der Waals surface area contributed by atoms with Crippen molar-refractivity contribution in [1.82, 2.24) is 0 Å². The molecule has 0 saturated heterocycles. The highest BCUT2D eigenvalue weighted by Gasteiger charge is 2.08. The monoisotopic (exact) mass is 204 g/mol. The van der Waals surface area contributed by atoms with Crippen LogP contribution in [0.25, 0.3) is 0 Å². The van der Waals surface area contributed by atoms with E-state index in [9.17, 15) is 5.11 Å². The van der Waals surface area contributed by atoms with Crippen molar-refractivity contribution in [2.24, 2.45) is 0 Å². The third kappa shape index (κ3) is 2.93. The Bertz CT molecular complexity index is 391. The molecule has 0 aliphatic carbocycles. The van der Waals surface area contributed by atoms with Gasteiger partial charge in [0.2, 0.25) is 0 Å². The van der Waals surface area contributed by atoms with E-state index in [1.54, 1.807) is 6.07 Å². The Morgan fingerprint density at radius 2 is 1.86 bits per heavy atom. The second kappa shape index (κ2) is 3.89. The molecule has 0 atom stereocenters. The van der Waals surface area contributed by atoms with Crippen molar-refractivity contribution in [2.75, 3.05) is 0 Å². The van der Waals surface area contributed by atoms with Gasteiger partial charge in [-0.05, 0) is 19.1 Å². The van der Waals surface area contributed by atoms with Crippen molar-refractivity contribution in [3.8, 4) is 17.2 Å². The zero-order chi connectivity index (χ0) is 10.8. The van der Waals surface area contributed by atoms with Crippen molar-refractivity contribution in [3.63, 3.8) is 0 Å². The van der Waals surface area contributed by atoms with Crippen LogP contribution in [0, 0.1) is 18.4 Å². The minimum Gasteiger partial charge on any atom is -0.508 e. The number of benzene rings is 1. The normalized spacial score (nSPS) is 10.6. The molecule has 0 bridgehead atoms. The predicted molar refractivity (Wildman–Crippen MR) is 63.1 cm³/mol. The first-order valence-corrected chi connectivity index (χ1v) is 8.22. The molecule has 1 rings (SSSR count). The molecule has 1 N–H and O–H groups in total. The average Bonchev–Trinajstić information content (AvgIpc) is 2.06. The minimum atomic E-state index is -1.32. The summed E-state index contributed by atoms with van der Waals surface area (Å²) in [6.45, 7) is 8.51. The van der Waals surface area contributed by atoms with Crippen LogP contribution in [0.5, 0.6) is 5.75 Å². The number of hydrogen-bond donors (Lipinski definition) is 1. The molecular formula is C12H16OSi. The molecule has 0 amide bonds. The number of rotatable bonds is 0. The van der Waals surface area contributed by atoms with Crippen molar-refractivity contribution in [1.29, 1.82) is 0 Å². The van der Waals surface area contributed by atoms with Crippen molar-refractivity contribution in [2.45, 2.75) is 26.6 Å². The summed E-state index contributed by atoms with van der Waals surface area (Å²) in [5.74, 6) is 3.47. The van der Waals surface area contributed by atoms with Gasteiger partial charge in [-0.1, -0.05) is 31.6 Å². The SMILES string of the molecule is Cc1c(O)cccc1C#C[Si](C)(C)C. The van der Waals surface area contributed by atoms with Gasteiger partial charge in [-0.15, -0.1) is 5.54 Å². The largest absolute Gasteiger partial charge is 0.508 e. The van der Waals surface area contributed by atoms with Crippen LogP contribution in [-0.4, -0.2) is 13.2 Å². The first-order valence-electron chi connectivity index (χ1n) is 4.72. The van der Waals surface area contributed by atoms with Crippen LogP contribution in [0.2, 0.25) is 19.6 Å². The summed E-state index contributed by atoms with van der Waals surface area (Å²) < 4.78 is 0. The molecule has 74 valence electrons. The minimum absolute atomic E-state index is 0.326. The number of aromatic hydroxyl groups is 1. The van der Waals surface area contributed by atoms with Gasteiger partial charge in [0.15, 0.2) is 0 Å². The van der Waals surface area contributed by atoms with Crippen molar-refractivity contribution >= 4 is 8.07 Å². The summed E-state index contributed by atoms with van der Waals surface area (Å²) in [6, 6.07) is 5.47. The summed E-state index contributed by atoms with van der Waals surface area (Å²) >= 11 is 0. The van der Waals surface area contributed by atoms with E-state index >= 15 is 0 Å². The van der Waals surface area contributed by atoms with Gasteiger partial charge in [-0.25, -0.2) is 0 Å². The molecule has 1 aromatic carbocycles. The summed E-state index contributed by atoms with van der Waals surface area (Å²) in [5.41, 5.74) is 5.09. The van der Waals surface area contributed by atoms with Crippen molar-refractivity contribution < 1.29 is 5.11 Å². The van der Waals surface area contributed by atoms with E-state index in [0.29, 0.717) is 5.75 Å². The molecule has 0 heterocycles. The fraction of sp³-hybridized carbons (Fsp3) is 0.333. The Balaban J connectivity index is 3.08. The lowest BCUT2D eigenvalue weighted by molar-refractivity contribution is 0.471. The molecule has 0 saturated carbocycles. The summed E-state index contributed by atoms with van der Waals surface area (Å²) in [4.78, 5) is 0. The Morgan fingerprint density at radius 1 is 1.21 bits per heavy atom. The second-order valence-electron chi connectivity index (χ2n) is 4.45. The third-order valence-corrected chi connectivity index (χ3v) is 2.75. The van der Waals surface area contributed by atoms with Crippen LogP contribution in [0.1, 0.15) is 11.1 Å². The standard InChI is InChI=1S/C12H16OSi/c1-10-11(6-5-7-12(10)13)8-9-14(2,3)4/h5-7,13H,1-4H3. The van der Waals surface area contributed by atoms with E-state index in [1.807, 2.05) is 19.1 Å². The molecule has 0 aliphatic heterocycles. The Labute approximate surface area is 86.8 Å². The van der Waals surface area contributed by atoms with Gasteiger partial charge in [0.25, 0.3) is 0 Å². The topological polar surface area (TPSA) is 20.2 Å². The predicted octanol–water partition coefficient (Wildman–Crippen LogP) is 2.93. The molecule has 0 unspecified atom stereocenters. The van der Waals surface area contributed by atoms with E-state index in [4.69, 9.17) is 0 Å². The summed E-state index contributed by atoms with van der Waals surface area (Å²) in [5, 5.41) is 9.47. The fourth-order valence-electron chi connectivity index (χ4n) is 1.01. The summed E-state index contributed by atoms with van der Waals surface area (Å²) in [7, 11) is -1.32. The lowest BCUT2D eigenvalue weighted by Gasteiger charge is -2.05. The molecular weight excluding hydrogens is 188 g/mol. The van der Waals surface area contributed by atoms with Crippen LogP contribution in [0.4, 0.5) is 0 Å². The van der Waals surface area contributed by atoms with Crippen molar-refractivity contribution in [3.05, 3.63) is 29.3 Å². The average molecular weight is 204 g/mol. The zero-order valence-electron chi connectivity index (χ0n) is 9.18. The van der Waals surface area contributed by atoms with Crippen LogP contribution < -0.4 is 0 Å². The maximum atomic E-state index is 9.47. The molecule has 0 fully saturated rings. The Morgan fingerprint density at radius 3 is 2.43 bits per heavy atom. The number of phenols is 1. The maximum absolute atomic E-state index is 9.47. The van der Waals surface area contributed by atoms with E-state index in [0.717, 1.165) is 11.1 Å². The van der Waals surface area contributed by atoms with E-state index in [2.05, 4.69) is 31.1 Å². The fourth-order valence-corrected chi connectivity index (χ4v) is 1.52. The van der Waals surface area contributed by atoms with Gasteiger partial charge >= 0.3 is 0 Å². The molecule has 0 spiro atoms. The van der Waals surface area contributed by atoms with Gasteiger partial charge < -0.3 is 5.11 Å². The smallest absolute Gasteiger partial charge is 0.129 e.